The van der Waals surface area contributed by atoms with Crippen molar-refractivity contribution in [1.82, 2.24) is 19.8 Å². The van der Waals surface area contributed by atoms with Crippen LogP contribution in [0, 0.1) is 6.92 Å². The van der Waals surface area contributed by atoms with Gasteiger partial charge in [0.1, 0.15) is 0 Å². The van der Waals surface area contributed by atoms with Crippen LogP contribution in [0.2, 0.25) is 0 Å². The zero-order chi connectivity index (χ0) is 24.2. The smallest absolute Gasteiger partial charge is 0.278 e. The monoisotopic (exact) mass is 461 g/mol. The minimum atomic E-state index is -0.354. The Kier molecular flexibility index (Phi) is 6.74. The average Bonchev–Trinajstić information content (AvgIpc) is 3.23. The number of nitrogens with one attached hydrogen (secondary N) is 1. The summed E-state index contributed by atoms with van der Waals surface area (Å²) in [6.07, 6.45) is 0.932. The highest BCUT2D eigenvalue weighted by Crippen LogP contribution is 2.35. The van der Waals surface area contributed by atoms with Gasteiger partial charge in [0.2, 0.25) is 0 Å². The van der Waals surface area contributed by atoms with Crippen LogP contribution in [0.25, 0.3) is 16.8 Å². The molecule has 4 aromatic rings. The number of aromatic nitrogens is 4. The van der Waals surface area contributed by atoms with Gasteiger partial charge in [-0.25, -0.2) is 4.52 Å². The Morgan fingerprint density at radius 2 is 1.74 bits per heavy atom. The minimum absolute atomic E-state index is 0.192. The first-order valence-corrected chi connectivity index (χ1v) is 10.9. The van der Waals surface area contributed by atoms with Gasteiger partial charge in [-0.3, -0.25) is 4.79 Å². The predicted octanol–water partition coefficient (Wildman–Crippen LogP) is 4.08. The van der Waals surface area contributed by atoms with E-state index < -0.39 is 0 Å². The number of ether oxygens (including phenoxy) is 3. The second kappa shape index (κ2) is 9.88. The molecule has 0 atom stereocenters. The van der Waals surface area contributed by atoms with Crippen molar-refractivity contribution in [3.05, 3.63) is 65.1 Å². The Balaban J connectivity index is 1.76. The first-order valence-electron chi connectivity index (χ1n) is 10.9. The van der Waals surface area contributed by atoms with Gasteiger partial charge in [-0.05, 0) is 48.7 Å². The lowest BCUT2D eigenvalue weighted by Crippen LogP contribution is -2.18. The molecule has 2 aromatic heterocycles. The number of nitrogens with zero attached hydrogens (tertiary/aromatic N) is 4. The van der Waals surface area contributed by atoms with E-state index in [-0.39, 0.29) is 18.2 Å². The van der Waals surface area contributed by atoms with Crippen molar-refractivity contribution in [3.8, 4) is 22.6 Å². The molecule has 2 aromatic carbocycles. The summed E-state index contributed by atoms with van der Waals surface area (Å²) in [5.74, 6) is 0.842. The Labute approximate surface area is 197 Å². The maximum absolute atomic E-state index is 13.0. The zero-order valence-electron chi connectivity index (χ0n) is 19.9. The van der Waals surface area contributed by atoms with Crippen LogP contribution in [0.5, 0.6) is 11.5 Å². The van der Waals surface area contributed by atoms with Crippen molar-refractivity contribution in [2.75, 3.05) is 26.6 Å². The number of carbonyl (C=O) groups excluding carboxylic acids is 1. The van der Waals surface area contributed by atoms with Crippen LogP contribution in [-0.2, 0) is 17.8 Å². The molecule has 0 unspecified atom stereocenters. The highest BCUT2D eigenvalue weighted by Gasteiger charge is 2.23. The Hall–Kier alpha value is -3.98. The lowest BCUT2D eigenvalue weighted by molar-refractivity contribution is 0.102. The molecular weight excluding hydrogens is 434 g/mol. The molecule has 0 aliphatic rings. The third-order valence-corrected chi connectivity index (χ3v) is 5.63. The summed E-state index contributed by atoms with van der Waals surface area (Å²) in [7, 11) is 4.77. The summed E-state index contributed by atoms with van der Waals surface area (Å²) < 4.78 is 17.8. The normalized spacial score (nSPS) is 11.0. The molecule has 1 amide bonds. The largest absolute Gasteiger partial charge is 0.493 e. The number of carbonyl (C=O) groups is 1. The fourth-order valence-electron chi connectivity index (χ4n) is 3.80. The fourth-order valence-corrected chi connectivity index (χ4v) is 3.80. The van der Waals surface area contributed by atoms with Gasteiger partial charge < -0.3 is 19.5 Å². The van der Waals surface area contributed by atoms with E-state index in [0.717, 1.165) is 17.5 Å². The summed E-state index contributed by atoms with van der Waals surface area (Å²) in [6, 6.07) is 13.3. The highest BCUT2D eigenvalue weighted by molar-refractivity contribution is 6.03. The molecule has 2 heterocycles. The van der Waals surface area contributed by atoms with Crippen molar-refractivity contribution in [2.24, 2.45) is 0 Å². The first-order chi connectivity index (χ1) is 16.5. The number of hydrogen-bond acceptors (Lipinski definition) is 7. The Bertz CT molecular complexity index is 1330. The van der Waals surface area contributed by atoms with Crippen LogP contribution in [0.3, 0.4) is 0 Å². The number of hydrogen-bond donors (Lipinski definition) is 1. The molecule has 0 saturated carbocycles. The van der Waals surface area contributed by atoms with E-state index in [0.29, 0.717) is 34.2 Å². The summed E-state index contributed by atoms with van der Waals surface area (Å²) in [6.45, 7) is 4.14. The summed E-state index contributed by atoms with van der Waals surface area (Å²) in [4.78, 5) is 13.0. The topological polar surface area (TPSA) is 99.9 Å². The van der Waals surface area contributed by atoms with E-state index in [1.807, 2.05) is 42.5 Å². The Morgan fingerprint density at radius 1 is 1.00 bits per heavy atom. The van der Waals surface area contributed by atoms with Gasteiger partial charge in [0, 0.05) is 12.8 Å². The lowest BCUT2D eigenvalue weighted by Gasteiger charge is -2.10. The molecule has 0 radical (unpaired) electrons. The number of amides is 1. The first kappa shape index (κ1) is 23.2. The minimum Gasteiger partial charge on any atom is -0.493 e. The molecule has 1 N–H and O–H groups in total. The third-order valence-electron chi connectivity index (χ3n) is 5.63. The van der Waals surface area contributed by atoms with Crippen LogP contribution in [0.4, 0.5) is 5.69 Å². The van der Waals surface area contributed by atoms with Crippen LogP contribution < -0.4 is 14.8 Å². The van der Waals surface area contributed by atoms with Gasteiger partial charge in [0.25, 0.3) is 5.91 Å². The molecule has 0 saturated heterocycles. The van der Waals surface area contributed by atoms with Crippen molar-refractivity contribution in [3.63, 3.8) is 0 Å². The van der Waals surface area contributed by atoms with Crippen molar-refractivity contribution in [2.45, 2.75) is 26.9 Å². The standard InChI is InChI=1S/C25H27N5O4/c1-6-16-7-10-18(11-8-16)26-25(31)23-15(2)30-24(28-27-23)22(19(29-30)14-32-3)17-9-12-20(33-4)21(13-17)34-5/h7-13H,6,14H2,1-5H3,(H,26,31). The van der Waals surface area contributed by atoms with Crippen LogP contribution in [0.1, 0.15) is 34.4 Å². The third kappa shape index (κ3) is 4.29. The quantitative estimate of drug-likeness (QED) is 0.422. The number of rotatable bonds is 8. The van der Waals surface area contributed by atoms with Gasteiger partial charge in [-0.15, -0.1) is 10.2 Å². The molecule has 0 bridgehead atoms. The molecule has 0 spiro atoms. The molecule has 9 nitrogen and oxygen atoms in total. The van der Waals surface area contributed by atoms with Crippen LogP contribution in [0.15, 0.2) is 42.5 Å². The number of anilines is 1. The van der Waals surface area contributed by atoms with E-state index in [1.165, 1.54) is 5.56 Å². The lowest BCUT2D eigenvalue weighted by atomic mass is 10.1. The number of fused-ring (bicyclic) bond motifs is 1. The second-order valence-electron chi connectivity index (χ2n) is 7.70. The maximum Gasteiger partial charge on any atom is 0.278 e. The molecule has 0 aliphatic carbocycles. The molecule has 176 valence electrons. The van der Waals surface area contributed by atoms with E-state index in [4.69, 9.17) is 14.2 Å². The number of methoxy groups -OCH3 is 3. The zero-order valence-corrected chi connectivity index (χ0v) is 19.9. The van der Waals surface area contributed by atoms with Crippen LogP contribution >= 0.6 is 0 Å². The molecule has 34 heavy (non-hydrogen) atoms. The summed E-state index contributed by atoms with van der Waals surface area (Å²) >= 11 is 0. The summed E-state index contributed by atoms with van der Waals surface area (Å²) in [5.41, 5.74) is 5.40. The molecule has 0 fully saturated rings. The highest BCUT2D eigenvalue weighted by atomic mass is 16.5. The predicted molar refractivity (Wildman–Crippen MR) is 129 cm³/mol. The second-order valence-corrected chi connectivity index (χ2v) is 7.70. The molecule has 0 aliphatic heterocycles. The maximum atomic E-state index is 13.0. The van der Waals surface area contributed by atoms with Gasteiger partial charge >= 0.3 is 0 Å². The average molecular weight is 462 g/mol. The fraction of sp³-hybridized carbons (Fsp3) is 0.280. The van der Waals surface area contributed by atoms with E-state index in [9.17, 15) is 4.79 Å². The molecule has 9 heteroatoms. The van der Waals surface area contributed by atoms with E-state index >= 15 is 0 Å². The van der Waals surface area contributed by atoms with Gasteiger partial charge in [-0.1, -0.05) is 25.1 Å². The van der Waals surface area contributed by atoms with Gasteiger partial charge in [0.05, 0.1) is 37.8 Å². The summed E-state index contributed by atoms with van der Waals surface area (Å²) in [5, 5.41) is 16.2. The molecular formula is C25H27N5O4. The number of aryl methyl sites for hydroxylation is 2. The van der Waals surface area contributed by atoms with E-state index in [2.05, 4.69) is 27.5 Å². The van der Waals surface area contributed by atoms with Gasteiger partial charge in [0.15, 0.2) is 22.8 Å². The van der Waals surface area contributed by atoms with Crippen molar-refractivity contribution >= 4 is 17.2 Å². The Morgan fingerprint density at radius 3 is 2.38 bits per heavy atom. The molecule has 4 rings (SSSR count). The number of benzene rings is 2. The van der Waals surface area contributed by atoms with Gasteiger partial charge in [-0.2, -0.15) is 5.10 Å². The van der Waals surface area contributed by atoms with Crippen molar-refractivity contribution in [1.29, 1.82) is 0 Å². The van der Waals surface area contributed by atoms with Crippen LogP contribution in [-0.4, -0.2) is 47.0 Å². The SMILES string of the molecule is CCc1ccc(NC(=O)c2nnc3c(-c4ccc(OC)c(OC)c4)c(COC)nn3c2C)cc1. The van der Waals surface area contributed by atoms with Crippen molar-refractivity contribution < 1.29 is 19.0 Å². The van der Waals surface area contributed by atoms with E-state index in [1.54, 1.807) is 32.8 Å².